The number of rotatable bonds is 27. The predicted octanol–water partition coefficient (Wildman–Crippen LogP) is -0.356. The van der Waals surface area contributed by atoms with Gasteiger partial charge in [0.15, 0.2) is 0 Å². The second kappa shape index (κ2) is 41.1. The van der Waals surface area contributed by atoms with Crippen molar-refractivity contribution in [1.29, 1.82) is 0 Å². The Balaban J connectivity index is 1.16. The number of nitrogens with two attached hydrogens (primary N) is 2. The number of nitrogens with zero attached hydrogens (tertiary/aromatic N) is 4. The molecule has 576 valence electrons. The van der Waals surface area contributed by atoms with Crippen LogP contribution in [0.2, 0.25) is 0 Å². The van der Waals surface area contributed by atoms with Crippen LogP contribution in [0.25, 0.3) is 21.8 Å². The van der Waals surface area contributed by atoms with Gasteiger partial charge in [0, 0.05) is 124 Å². The summed E-state index contributed by atoms with van der Waals surface area (Å²) in [6.07, 6.45) is 3.48. The van der Waals surface area contributed by atoms with Gasteiger partial charge in [0.25, 0.3) is 0 Å². The average Bonchev–Trinajstić information content (AvgIpc) is 1.64. The lowest BCUT2D eigenvalue weighted by Gasteiger charge is -2.33. The van der Waals surface area contributed by atoms with Crippen LogP contribution in [0.5, 0.6) is 5.75 Å². The normalized spacial score (nSPS) is 20.7. The van der Waals surface area contributed by atoms with Crippen molar-refractivity contribution in [2.45, 2.75) is 107 Å². The Morgan fingerprint density at radius 1 is 0.523 bits per heavy atom. The molecule has 2 aliphatic heterocycles. The highest BCUT2D eigenvalue weighted by Gasteiger charge is 2.38. The lowest BCUT2D eigenvalue weighted by atomic mass is 10.00. The van der Waals surface area contributed by atoms with Crippen LogP contribution in [0.4, 0.5) is 0 Å². The number of benzene rings is 4. The fourth-order valence-electron chi connectivity index (χ4n) is 12.6. The van der Waals surface area contributed by atoms with E-state index in [9.17, 15) is 58.8 Å². The molecule has 0 radical (unpaired) electrons. The second-order valence-corrected chi connectivity index (χ2v) is 29.5. The molecule has 0 saturated carbocycles. The maximum Gasteiger partial charge on any atom is 0.317 e. The van der Waals surface area contributed by atoms with Gasteiger partial charge in [-0.1, -0.05) is 114 Å². The van der Waals surface area contributed by atoms with E-state index in [1.165, 1.54) is 24.3 Å². The van der Waals surface area contributed by atoms with Gasteiger partial charge in [-0.15, -0.1) is 0 Å². The smallest absolute Gasteiger partial charge is 0.317 e. The summed E-state index contributed by atoms with van der Waals surface area (Å²) in [5.74, 6) is -12.5. The molecule has 4 heterocycles. The molecule has 2 saturated heterocycles. The molecule has 18 N–H and O–H groups in total. The number of phenols is 1. The van der Waals surface area contributed by atoms with E-state index in [1.807, 2.05) is 36.4 Å². The fraction of sp³-hybridized carbons (Fsp3) is 0.452. The zero-order valence-corrected chi connectivity index (χ0v) is 61.3. The molecule has 0 bridgehead atoms. The number of aromatic nitrogens is 2. The number of carbonyl (C=O) groups is 12. The zero-order chi connectivity index (χ0) is 77.1. The SMILES string of the molecule is CC(C)[C@@H]1NC(=O)[C@H](CCCCN)NC(=O)[C@@H](Cc2c[nH]c3ccccc23)NC(=O)[C@H](Cc2ccc(O)cc2)NC(=O)[C@@H](NC(=O)[C@@H](Cc2ccccc2)NC(=O)CN2CCN(CC(=O)O)CCN(CC(=O)O)CCN(CC(=O)O)CC2)CSSC[C@@H](C(=O)N[C@@H](Cc2c[nH]c3ccccc23)C(N)=O)NC1=O. The Morgan fingerprint density at radius 3 is 1.57 bits per heavy atom. The van der Waals surface area contributed by atoms with Gasteiger partial charge < -0.3 is 84.4 Å². The molecule has 32 nitrogen and oxygen atoms in total. The number of carboxylic acids is 3. The number of amides is 9. The summed E-state index contributed by atoms with van der Waals surface area (Å²) in [4.78, 5) is 182. The molecule has 34 heteroatoms. The van der Waals surface area contributed by atoms with Crippen molar-refractivity contribution < 1.29 is 78.0 Å². The van der Waals surface area contributed by atoms with E-state index in [1.54, 1.807) is 88.3 Å². The summed E-state index contributed by atoms with van der Waals surface area (Å²) >= 11 is 0. The van der Waals surface area contributed by atoms with E-state index in [0.29, 0.717) is 46.0 Å². The first-order valence-corrected chi connectivity index (χ1v) is 37.9. The minimum atomic E-state index is -1.62. The van der Waals surface area contributed by atoms with E-state index in [2.05, 4.69) is 52.5 Å². The number of aliphatic carboxylic acids is 3. The molecule has 0 unspecified atom stereocenters. The van der Waals surface area contributed by atoms with Crippen molar-refractivity contribution in [3.63, 3.8) is 0 Å². The number of fused-ring (bicyclic) bond motifs is 2. The first-order valence-electron chi connectivity index (χ1n) is 35.4. The van der Waals surface area contributed by atoms with Crippen molar-refractivity contribution in [2.24, 2.45) is 17.4 Å². The molecule has 0 spiro atoms. The third-order valence-corrected chi connectivity index (χ3v) is 20.9. The van der Waals surface area contributed by atoms with Crippen molar-refractivity contribution in [2.75, 3.05) is 96.6 Å². The third-order valence-electron chi connectivity index (χ3n) is 18.5. The second-order valence-electron chi connectivity index (χ2n) is 26.9. The predicted molar refractivity (Wildman–Crippen MR) is 402 cm³/mol. The third kappa shape index (κ3) is 26.1. The summed E-state index contributed by atoms with van der Waals surface area (Å²) in [6, 6.07) is 17.3. The molecular weight excluding hydrogens is 1420 g/mol. The molecule has 8 atom stereocenters. The highest BCUT2D eigenvalue weighted by atomic mass is 33.1. The van der Waals surface area contributed by atoms with Crippen LogP contribution in [0, 0.1) is 5.92 Å². The van der Waals surface area contributed by atoms with Crippen LogP contribution in [0.15, 0.2) is 116 Å². The summed E-state index contributed by atoms with van der Waals surface area (Å²) < 4.78 is 0. The number of para-hydroxylation sites is 2. The van der Waals surface area contributed by atoms with Crippen LogP contribution < -0.4 is 54.0 Å². The number of aromatic amines is 2. The van der Waals surface area contributed by atoms with E-state index < -0.39 is 145 Å². The van der Waals surface area contributed by atoms with Gasteiger partial charge in [0.2, 0.25) is 53.2 Å². The number of carbonyl (C=O) groups excluding carboxylic acids is 9. The van der Waals surface area contributed by atoms with Gasteiger partial charge in [-0.2, -0.15) is 0 Å². The molecule has 6 aromatic rings. The first kappa shape index (κ1) is 82.6. The fourth-order valence-corrected chi connectivity index (χ4v) is 14.9. The van der Waals surface area contributed by atoms with E-state index in [-0.39, 0.29) is 115 Å². The number of primary amides is 1. The monoisotopic (exact) mass is 1520 g/mol. The Labute approximate surface area is 626 Å². The van der Waals surface area contributed by atoms with E-state index in [0.717, 1.165) is 32.5 Å². The standard InChI is InChI=1S/C73H96N16O16S2/c1-44(2)65-73(105)84-60(71(103)80-55(66(75)98)34-47-36-76-52-16-8-6-14-50(47)52)43-107-106-42-59(83-68(100)56(32-45-12-4-3-5-13-45)78-61(91)38-86-24-26-87(39-62(92)93)28-30-89(41-64(96)97)31-29-88(27-25-86)40-63(94)95)72(104)81-57(33-46-19-21-49(90)22-20-46)69(101)82-58(35-48-37-77-53-17-9-7-15-51(48)53)70(102)79-54(67(99)85-65)18-10-11-23-74/h3-9,12-17,19-22,36-37,44,54-60,65,76-77,90H,10-11,18,23-35,38-43,74H2,1-2H3,(H2,75,98)(H,78,91)(H,79,102)(H,80,103)(H,81,104)(H,82,101)(H,83,100)(H,84,105)(H,85,99)(H,92,93)(H,94,95)(H,96,97)/t54-,55-,56+,57-,58+,59-,60-,65-/m0/s1. The van der Waals surface area contributed by atoms with Gasteiger partial charge in [-0.3, -0.25) is 77.1 Å². The number of hydrogen-bond donors (Lipinski definition) is 16. The van der Waals surface area contributed by atoms with Gasteiger partial charge >= 0.3 is 17.9 Å². The van der Waals surface area contributed by atoms with Gasteiger partial charge in [0.05, 0.1) is 26.2 Å². The molecule has 0 aliphatic carbocycles. The van der Waals surface area contributed by atoms with Crippen molar-refractivity contribution in [3.05, 3.63) is 138 Å². The topological polar surface area (TPSA) is 479 Å². The van der Waals surface area contributed by atoms with Gasteiger partial charge in [-0.05, 0) is 78.2 Å². The highest BCUT2D eigenvalue weighted by Crippen LogP contribution is 2.26. The molecule has 8 rings (SSSR count). The van der Waals surface area contributed by atoms with Crippen molar-refractivity contribution in [3.8, 4) is 5.75 Å². The van der Waals surface area contributed by atoms with Crippen LogP contribution in [-0.4, -0.2) is 266 Å². The number of H-pyrrole nitrogens is 2. The number of aromatic hydroxyl groups is 1. The molecule has 4 aromatic carbocycles. The van der Waals surface area contributed by atoms with Crippen LogP contribution in [-0.2, 0) is 83.2 Å². The summed E-state index contributed by atoms with van der Waals surface area (Å²) in [7, 11) is 1.93. The van der Waals surface area contributed by atoms with Crippen LogP contribution in [0.1, 0.15) is 55.4 Å². The van der Waals surface area contributed by atoms with E-state index in [4.69, 9.17) is 11.5 Å². The summed E-state index contributed by atoms with van der Waals surface area (Å²) in [5, 5.41) is 63.7. The van der Waals surface area contributed by atoms with Crippen molar-refractivity contribution in [1.82, 2.24) is 72.1 Å². The maximum absolute atomic E-state index is 15.5. The molecule has 107 heavy (non-hydrogen) atoms. The maximum atomic E-state index is 15.5. The quantitative estimate of drug-likeness (QED) is 0.0231. The number of hydrogen-bond acceptors (Lipinski definition) is 20. The lowest BCUT2D eigenvalue weighted by Crippen LogP contribution is -2.62. The molecular formula is C73H96N16O16S2. The largest absolute Gasteiger partial charge is 0.508 e. The number of nitrogens with one attached hydrogen (secondary N) is 10. The molecule has 2 aromatic heterocycles. The highest BCUT2D eigenvalue weighted by molar-refractivity contribution is 8.76. The Bertz CT molecular complexity index is 4020. The van der Waals surface area contributed by atoms with Crippen LogP contribution >= 0.6 is 21.6 Å². The van der Waals surface area contributed by atoms with Crippen molar-refractivity contribution >= 4 is 114 Å². The summed E-state index contributed by atoms with van der Waals surface area (Å²) in [5.41, 5.74) is 15.6. The van der Waals surface area contributed by atoms with Gasteiger partial charge in [0.1, 0.15) is 54.1 Å². The summed E-state index contributed by atoms with van der Waals surface area (Å²) in [6.45, 7) is 2.71. The van der Waals surface area contributed by atoms with Crippen LogP contribution in [0.3, 0.4) is 0 Å². The Kier molecular flexibility index (Phi) is 31.7. The number of phenolic OH excluding ortho intramolecular Hbond substituents is 1. The lowest BCUT2D eigenvalue weighted by molar-refractivity contribution is -0.140. The number of carboxylic acid groups (broad SMARTS) is 3. The Hall–Kier alpha value is -10.1. The molecule has 2 fully saturated rings. The minimum Gasteiger partial charge on any atom is -0.508 e. The first-order chi connectivity index (χ1) is 51.3. The minimum absolute atomic E-state index is 0.0168. The number of unbranched alkanes of at least 4 members (excludes halogenated alkanes) is 1. The molecule has 9 amide bonds. The van der Waals surface area contributed by atoms with Gasteiger partial charge in [-0.25, -0.2) is 0 Å². The zero-order valence-electron chi connectivity index (χ0n) is 59.7. The Morgan fingerprint density at radius 2 is 1.02 bits per heavy atom. The molecule has 2 aliphatic rings. The average molecular weight is 1520 g/mol. The van der Waals surface area contributed by atoms with E-state index >= 15 is 19.2 Å².